The number of nitrogens with zero attached hydrogens (tertiary/aromatic N) is 3. The first kappa shape index (κ1) is 14.8. The smallest absolute Gasteiger partial charge is 0.219 e. The van der Waals surface area contributed by atoms with E-state index in [0.717, 1.165) is 41.1 Å². The van der Waals surface area contributed by atoms with Gasteiger partial charge in [0.2, 0.25) is 5.91 Å². The lowest BCUT2D eigenvalue weighted by atomic mass is 10.0. The van der Waals surface area contributed by atoms with Gasteiger partial charge in [-0.25, -0.2) is 4.98 Å². The molecule has 0 spiro atoms. The maximum atomic E-state index is 11.4. The van der Waals surface area contributed by atoms with E-state index in [4.69, 9.17) is 4.98 Å². The fraction of sp³-hybridized carbons (Fsp3) is 0.467. The van der Waals surface area contributed by atoms with Crippen molar-refractivity contribution in [2.75, 3.05) is 25.0 Å². The van der Waals surface area contributed by atoms with E-state index in [1.807, 2.05) is 18.0 Å². The molecule has 1 aliphatic heterocycles. The van der Waals surface area contributed by atoms with Crippen molar-refractivity contribution in [2.24, 2.45) is 0 Å². The molecule has 1 aliphatic rings. The molecule has 112 valence electrons. The van der Waals surface area contributed by atoms with E-state index in [9.17, 15) is 4.79 Å². The van der Waals surface area contributed by atoms with Gasteiger partial charge in [-0.15, -0.1) is 0 Å². The van der Waals surface area contributed by atoms with E-state index >= 15 is 0 Å². The van der Waals surface area contributed by atoms with Crippen LogP contribution in [0.15, 0.2) is 22.7 Å². The first-order chi connectivity index (χ1) is 10.0. The lowest BCUT2D eigenvalue weighted by Crippen LogP contribution is -2.45. The molecule has 0 radical (unpaired) electrons. The molecule has 3 rings (SSSR count). The first-order valence-electron chi connectivity index (χ1n) is 7.09. The highest BCUT2D eigenvalue weighted by Gasteiger charge is 2.25. The molecule has 0 saturated carbocycles. The number of halogens is 1. The van der Waals surface area contributed by atoms with Gasteiger partial charge in [0.05, 0.1) is 10.2 Å². The molecule has 2 heterocycles. The lowest BCUT2D eigenvalue weighted by Gasteiger charge is -2.36. The Labute approximate surface area is 136 Å². The maximum Gasteiger partial charge on any atom is 0.219 e. The van der Waals surface area contributed by atoms with Crippen LogP contribution in [0.4, 0.5) is 5.13 Å². The molecule has 1 amide bonds. The number of hydrogen-bond acceptors (Lipinski definition) is 4. The number of anilines is 1. The van der Waals surface area contributed by atoms with Crippen molar-refractivity contribution in [3.8, 4) is 0 Å². The van der Waals surface area contributed by atoms with Crippen molar-refractivity contribution in [3.63, 3.8) is 0 Å². The normalized spacial score (nSPS) is 16.4. The van der Waals surface area contributed by atoms with Crippen LogP contribution in [0.5, 0.6) is 0 Å². The molecular formula is C15H18BrN3OS. The number of piperidine rings is 1. The largest absolute Gasteiger partial charge is 0.348 e. The summed E-state index contributed by atoms with van der Waals surface area (Å²) in [7, 11) is 1.90. The molecule has 0 bridgehead atoms. The molecule has 21 heavy (non-hydrogen) atoms. The molecule has 2 aromatic rings. The van der Waals surface area contributed by atoms with Crippen LogP contribution >= 0.6 is 27.3 Å². The molecule has 0 atom stereocenters. The first-order valence-corrected chi connectivity index (χ1v) is 8.70. The minimum absolute atomic E-state index is 0.151. The fourth-order valence-corrected chi connectivity index (χ4v) is 4.29. The van der Waals surface area contributed by atoms with Crippen molar-refractivity contribution in [1.29, 1.82) is 0 Å². The predicted molar refractivity (Wildman–Crippen MR) is 91.0 cm³/mol. The fourth-order valence-electron chi connectivity index (χ4n) is 2.72. The Kier molecular flexibility index (Phi) is 4.17. The molecule has 1 aromatic carbocycles. The Hall–Kier alpha value is -1.14. The van der Waals surface area contributed by atoms with E-state index < -0.39 is 0 Å². The quantitative estimate of drug-likeness (QED) is 0.814. The third kappa shape index (κ3) is 3.06. The van der Waals surface area contributed by atoms with E-state index in [2.05, 4.69) is 33.0 Å². The van der Waals surface area contributed by atoms with Crippen molar-refractivity contribution in [2.45, 2.75) is 25.8 Å². The molecule has 0 unspecified atom stereocenters. The van der Waals surface area contributed by atoms with Crippen LogP contribution in [-0.2, 0) is 4.79 Å². The Morgan fingerprint density at radius 3 is 2.81 bits per heavy atom. The minimum atomic E-state index is 0.151. The van der Waals surface area contributed by atoms with Crippen molar-refractivity contribution in [1.82, 2.24) is 9.88 Å². The third-order valence-electron chi connectivity index (χ3n) is 4.12. The van der Waals surface area contributed by atoms with Gasteiger partial charge in [-0.05, 0) is 31.0 Å². The monoisotopic (exact) mass is 367 g/mol. The van der Waals surface area contributed by atoms with E-state index in [1.54, 1.807) is 18.3 Å². The minimum Gasteiger partial charge on any atom is -0.348 e. The summed E-state index contributed by atoms with van der Waals surface area (Å²) >= 11 is 5.24. The van der Waals surface area contributed by atoms with Gasteiger partial charge in [-0.1, -0.05) is 27.3 Å². The van der Waals surface area contributed by atoms with Crippen molar-refractivity contribution >= 4 is 48.5 Å². The summed E-state index contributed by atoms with van der Waals surface area (Å²) < 4.78 is 2.30. The van der Waals surface area contributed by atoms with Gasteiger partial charge in [0.25, 0.3) is 0 Å². The Morgan fingerprint density at radius 2 is 2.14 bits per heavy atom. The van der Waals surface area contributed by atoms with Crippen molar-refractivity contribution in [3.05, 3.63) is 22.7 Å². The number of benzene rings is 1. The third-order valence-corrected chi connectivity index (χ3v) is 5.69. The van der Waals surface area contributed by atoms with Crippen LogP contribution in [-0.4, -0.2) is 42.0 Å². The highest BCUT2D eigenvalue weighted by Crippen LogP contribution is 2.32. The molecule has 1 saturated heterocycles. The van der Waals surface area contributed by atoms with E-state index in [-0.39, 0.29) is 5.91 Å². The van der Waals surface area contributed by atoms with Crippen LogP contribution < -0.4 is 4.90 Å². The van der Waals surface area contributed by atoms with Gasteiger partial charge in [-0.2, -0.15) is 0 Å². The van der Waals surface area contributed by atoms with Crippen LogP contribution in [0.3, 0.4) is 0 Å². The zero-order valence-electron chi connectivity index (χ0n) is 12.2. The molecule has 4 nitrogen and oxygen atoms in total. The Bertz CT molecular complexity index is 664. The van der Waals surface area contributed by atoms with E-state index in [0.29, 0.717) is 6.04 Å². The predicted octanol–water partition coefficient (Wildman–Crippen LogP) is 3.51. The van der Waals surface area contributed by atoms with Gasteiger partial charge in [0.15, 0.2) is 5.13 Å². The average molecular weight is 368 g/mol. The number of carbonyl (C=O) groups excluding carboxylic acids is 1. The number of rotatable bonds is 2. The second-order valence-corrected chi connectivity index (χ2v) is 7.38. The second-order valence-electron chi connectivity index (χ2n) is 5.46. The van der Waals surface area contributed by atoms with Gasteiger partial charge in [0.1, 0.15) is 0 Å². The van der Waals surface area contributed by atoms with Gasteiger partial charge < -0.3 is 9.80 Å². The van der Waals surface area contributed by atoms with Crippen LogP contribution in [0, 0.1) is 0 Å². The zero-order valence-corrected chi connectivity index (χ0v) is 14.6. The van der Waals surface area contributed by atoms with Crippen molar-refractivity contribution < 1.29 is 4.79 Å². The summed E-state index contributed by atoms with van der Waals surface area (Å²) in [6, 6.07) is 6.56. The molecule has 1 fully saturated rings. The topological polar surface area (TPSA) is 36.4 Å². The number of fused-ring (bicyclic) bond motifs is 1. The molecular weight excluding hydrogens is 350 g/mol. The molecule has 0 N–H and O–H groups in total. The standard InChI is InChI=1S/C15H18BrN3OS/c1-10(20)18(2)12-5-7-19(8-6-12)15-17-13-4-3-11(16)9-14(13)21-15/h3-4,9,12H,5-8H2,1-2H3. The second kappa shape index (κ2) is 5.93. The SMILES string of the molecule is CC(=O)N(C)C1CCN(c2nc3ccc(Br)cc3s2)CC1. The highest BCUT2D eigenvalue weighted by atomic mass is 79.9. The van der Waals surface area contributed by atoms with Gasteiger partial charge in [0, 0.05) is 37.6 Å². The van der Waals surface area contributed by atoms with Crippen LogP contribution in [0.1, 0.15) is 19.8 Å². The van der Waals surface area contributed by atoms with Crippen LogP contribution in [0.25, 0.3) is 10.2 Å². The average Bonchev–Trinajstić information content (AvgIpc) is 2.89. The summed E-state index contributed by atoms with van der Waals surface area (Å²) in [5.41, 5.74) is 1.06. The van der Waals surface area contributed by atoms with E-state index in [1.165, 1.54) is 4.70 Å². The number of carbonyl (C=O) groups is 1. The number of thiazole rings is 1. The molecule has 0 aliphatic carbocycles. The summed E-state index contributed by atoms with van der Waals surface area (Å²) in [6.45, 7) is 3.56. The Morgan fingerprint density at radius 1 is 1.43 bits per heavy atom. The number of amides is 1. The summed E-state index contributed by atoms with van der Waals surface area (Å²) in [6.07, 6.45) is 2.02. The van der Waals surface area contributed by atoms with Crippen LogP contribution in [0.2, 0.25) is 0 Å². The van der Waals surface area contributed by atoms with Gasteiger partial charge >= 0.3 is 0 Å². The number of hydrogen-bond donors (Lipinski definition) is 0. The molecule has 6 heteroatoms. The summed E-state index contributed by atoms with van der Waals surface area (Å²) in [5.74, 6) is 0.151. The number of aromatic nitrogens is 1. The highest BCUT2D eigenvalue weighted by molar-refractivity contribution is 9.10. The summed E-state index contributed by atoms with van der Waals surface area (Å²) in [5, 5.41) is 1.09. The Balaban J connectivity index is 1.72. The lowest BCUT2D eigenvalue weighted by molar-refractivity contribution is -0.129. The summed E-state index contributed by atoms with van der Waals surface area (Å²) in [4.78, 5) is 20.4. The maximum absolute atomic E-state index is 11.4. The zero-order chi connectivity index (χ0) is 15.0. The van der Waals surface area contributed by atoms with Gasteiger partial charge in [-0.3, -0.25) is 4.79 Å². The molecule has 1 aromatic heterocycles.